The van der Waals surface area contributed by atoms with Crippen LogP contribution in [0.15, 0.2) is 18.5 Å². The van der Waals surface area contributed by atoms with Crippen LogP contribution in [0.5, 0.6) is 0 Å². The lowest BCUT2D eigenvalue weighted by atomic mass is 10.2. The van der Waals surface area contributed by atoms with E-state index in [4.69, 9.17) is 5.11 Å². The zero-order chi connectivity index (χ0) is 13.0. The first-order chi connectivity index (χ1) is 8.69. The van der Waals surface area contributed by atoms with E-state index in [2.05, 4.69) is 9.80 Å². The molecule has 1 aliphatic rings. The van der Waals surface area contributed by atoms with Crippen LogP contribution in [-0.2, 0) is 7.05 Å². The Hall–Kier alpha value is -1.17. The third-order valence-corrected chi connectivity index (χ3v) is 3.40. The quantitative estimate of drug-likeness (QED) is 0.737. The molecular weight excluding hydrogens is 230 g/mol. The van der Waals surface area contributed by atoms with E-state index in [1.807, 2.05) is 30.1 Å². The van der Waals surface area contributed by atoms with Crippen LogP contribution in [0, 0.1) is 0 Å². The molecule has 2 heterocycles. The molecule has 0 atom stereocenters. The monoisotopic (exact) mass is 251 g/mol. The molecule has 0 spiro atoms. The van der Waals surface area contributed by atoms with Crippen molar-refractivity contribution in [1.29, 1.82) is 0 Å². The first-order valence-corrected chi connectivity index (χ1v) is 6.40. The maximum atomic E-state index is 12.0. The molecule has 5 nitrogen and oxygen atoms in total. The molecule has 1 N–H and O–H groups in total. The standard InChI is InChI=1S/C13H21N3O2/c1-14-3-2-12(10-14)13(18)11-16-6-4-15(5-7-16)8-9-17/h2-3,10,17H,4-9,11H2,1H3. The van der Waals surface area contributed by atoms with Gasteiger partial charge in [0.2, 0.25) is 0 Å². The van der Waals surface area contributed by atoms with E-state index in [-0.39, 0.29) is 12.4 Å². The number of piperazine rings is 1. The first-order valence-electron chi connectivity index (χ1n) is 6.40. The zero-order valence-corrected chi connectivity index (χ0v) is 10.9. The molecule has 100 valence electrons. The predicted molar refractivity (Wildman–Crippen MR) is 69.7 cm³/mol. The number of rotatable bonds is 5. The summed E-state index contributed by atoms with van der Waals surface area (Å²) in [4.78, 5) is 16.4. The van der Waals surface area contributed by atoms with Crippen molar-refractivity contribution in [3.8, 4) is 0 Å². The van der Waals surface area contributed by atoms with Gasteiger partial charge in [0.25, 0.3) is 0 Å². The summed E-state index contributed by atoms with van der Waals surface area (Å²) in [7, 11) is 1.92. The van der Waals surface area contributed by atoms with Crippen molar-refractivity contribution >= 4 is 5.78 Å². The molecule has 1 aliphatic heterocycles. The fraction of sp³-hybridized carbons (Fsp3) is 0.615. The summed E-state index contributed by atoms with van der Waals surface area (Å²) in [6.45, 7) is 5.11. The molecule has 1 aromatic rings. The van der Waals surface area contributed by atoms with E-state index < -0.39 is 0 Å². The Labute approximate surface area is 108 Å². The number of carbonyl (C=O) groups is 1. The highest BCUT2D eigenvalue weighted by Crippen LogP contribution is 2.06. The minimum absolute atomic E-state index is 0.186. The Morgan fingerprint density at radius 3 is 2.50 bits per heavy atom. The third-order valence-electron chi connectivity index (χ3n) is 3.40. The van der Waals surface area contributed by atoms with E-state index in [0.717, 1.165) is 38.3 Å². The van der Waals surface area contributed by atoms with Crippen LogP contribution in [0.25, 0.3) is 0 Å². The van der Waals surface area contributed by atoms with Crippen LogP contribution in [0.4, 0.5) is 0 Å². The van der Waals surface area contributed by atoms with Gasteiger partial charge in [0.1, 0.15) is 0 Å². The van der Waals surface area contributed by atoms with Gasteiger partial charge in [-0.2, -0.15) is 0 Å². The van der Waals surface area contributed by atoms with Gasteiger partial charge in [-0.25, -0.2) is 0 Å². The van der Waals surface area contributed by atoms with Gasteiger partial charge in [-0.1, -0.05) is 0 Å². The van der Waals surface area contributed by atoms with Crippen LogP contribution in [0.2, 0.25) is 0 Å². The van der Waals surface area contributed by atoms with Crippen molar-refractivity contribution in [3.63, 3.8) is 0 Å². The topological polar surface area (TPSA) is 48.7 Å². The number of aryl methyl sites for hydroxylation is 1. The van der Waals surface area contributed by atoms with Gasteiger partial charge in [0.15, 0.2) is 5.78 Å². The van der Waals surface area contributed by atoms with E-state index >= 15 is 0 Å². The molecule has 2 rings (SSSR count). The van der Waals surface area contributed by atoms with Crippen molar-refractivity contribution in [2.75, 3.05) is 45.9 Å². The fourth-order valence-electron chi connectivity index (χ4n) is 2.28. The van der Waals surface area contributed by atoms with Crippen molar-refractivity contribution < 1.29 is 9.90 Å². The number of hydrogen-bond acceptors (Lipinski definition) is 4. The summed E-state index contributed by atoms with van der Waals surface area (Å²) >= 11 is 0. The maximum Gasteiger partial charge on any atom is 0.178 e. The lowest BCUT2D eigenvalue weighted by molar-refractivity contribution is 0.0822. The van der Waals surface area contributed by atoms with Crippen LogP contribution in [-0.4, -0.2) is 71.1 Å². The van der Waals surface area contributed by atoms with Gasteiger partial charge in [-0.3, -0.25) is 14.6 Å². The number of nitrogens with zero attached hydrogens (tertiary/aromatic N) is 3. The highest BCUT2D eigenvalue weighted by Gasteiger charge is 2.19. The van der Waals surface area contributed by atoms with Gasteiger partial charge in [0, 0.05) is 57.7 Å². The number of hydrogen-bond donors (Lipinski definition) is 1. The molecule has 0 unspecified atom stereocenters. The highest BCUT2D eigenvalue weighted by molar-refractivity contribution is 5.97. The van der Waals surface area contributed by atoms with E-state index in [1.165, 1.54) is 0 Å². The minimum atomic E-state index is 0.186. The lowest BCUT2D eigenvalue weighted by Crippen LogP contribution is -2.48. The van der Waals surface area contributed by atoms with E-state index in [0.29, 0.717) is 6.54 Å². The molecule has 0 amide bonds. The SMILES string of the molecule is Cn1ccc(C(=O)CN2CCN(CCO)CC2)c1. The summed E-state index contributed by atoms with van der Waals surface area (Å²) in [5, 5.41) is 8.87. The molecule has 0 bridgehead atoms. The van der Waals surface area contributed by atoms with Crippen LogP contribution in [0.3, 0.4) is 0 Å². The van der Waals surface area contributed by atoms with E-state index in [9.17, 15) is 4.79 Å². The summed E-state index contributed by atoms with van der Waals surface area (Å²) in [6, 6.07) is 1.87. The van der Waals surface area contributed by atoms with Gasteiger partial charge >= 0.3 is 0 Å². The maximum absolute atomic E-state index is 12.0. The first kappa shape index (κ1) is 13.3. The fourth-order valence-corrected chi connectivity index (χ4v) is 2.28. The Morgan fingerprint density at radius 1 is 1.28 bits per heavy atom. The van der Waals surface area contributed by atoms with Crippen molar-refractivity contribution in [3.05, 3.63) is 24.0 Å². The molecule has 1 fully saturated rings. The third kappa shape index (κ3) is 3.41. The molecule has 0 aliphatic carbocycles. The predicted octanol–water partition coefficient (Wildman–Crippen LogP) is -0.182. The number of Topliss-reactive ketones (excluding diaryl/α,β-unsaturated/α-hetero) is 1. The second kappa shape index (κ2) is 6.13. The van der Waals surface area contributed by atoms with Gasteiger partial charge in [0.05, 0.1) is 13.2 Å². The van der Waals surface area contributed by atoms with Crippen LogP contribution >= 0.6 is 0 Å². The number of β-amino-alcohol motifs (C(OH)–C–C–N with tert-alkyl or cyclic N) is 1. The summed E-state index contributed by atoms with van der Waals surface area (Å²) in [5.74, 6) is 0.186. The smallest absolute Gasteiger partial charge is 0.178 e. The summed E-state index contributed by atoms with van der Waals surface area (Å²) in [5.41, 5.74) is 0.787. The molecule has 0 aromatic carbocycles. The van der Waals surface area contributed by atoms with E-state index in [1.54, 1.807) is 0 Å². The Bertz CT molecular complexity index is 395. The molecule has 1 saturated heterocycles. The van der Waals surface area contributed by atoms with Gasteiger partial charge in [-0.15, -0.1) is 0 Å². The molecule has 5 heteroatoms. The molecule has 18 heavy (non-hydrogen) atoms. The molecular formula is C13H21N3O2. The normalized spacial score (nSPS) is 18.1. The van der Waals surface area contributed by atoms with Crippen LogP contribution < -0.4 is 0 Å². The number of aliphatic hydroxyl groups excluding tert-OH is 1. The Kier molecular flexibility index (Phi) is 4.52. The number of carbonyl (C=O) groups excluding carboxylic acids is 1. The summed E-state index contributed by atoms with van der Waals surface area (Å²) in [6.07, 6.45) is 3.76. The number of ketones is 1. The van der Waals surface area contributed by atoms with Crippen molar-refractivity contribution in [1.82, 2.24) is 14.4 Å². The molecule has 0 saturated carbocycles. The lowest BCUT2D eigenvalue weighted by Gasteiger charge is -2.33. The Balaban J connectivity index is 1.79. The van der Waals surface area contributed by atoms with Gasteiger partial charge in [-0.05, 0) is 6.07 Å². The van der Waals surface area contributed by atoms with Crippen molar-refractivity contribution in [2.45, 2.75) is 0 Å². The zero-order valence-electron chi connectivity index (χ0n) is 10.9. The number of aromatic nitrogens is 1. The highest BCUT2D eigenvalue weighted by atomic mass is 16.3. The Morgan fingerprint density at radius 2 is 1.94 bits per heavy atom. The van der Waals surface area contributed by atoms with Gasteiger partial charge < -0.3 is 9.67 Å². The molecule has 0 radical (unpaired) electrons. The van der Waals surface area contributed by atoms with Crippen LogP contribution in [0.1, 0.15) is 10.4 Å². The average Bonchev–Trinajstić information content (AvgIpc) is 2.79. The number of aliphatic hydroxyl groups is 1. The average molecular weight is 251 g/mol. The largest absolute Gasteiger partial charge is 0.395 e. The molecule has 1 aromatic heterocycles. The summed E-state index contributed by atoms with van der Waals surface area (Å²) < 4.78 is 1.90. The second-order valence-electron chi connectivity index (χ2n) is 4.83. The van der Waals surface area contributed by atoms with Crippen molar-refractivity contribution in [2.24, 2.45) is 7.05 Å². The second-order valence-corrected chi connectivity index (χ2v) is 4.83. The minimum Gasteiger partial charge on any atom is -0.395 e.